The van der Waals surface area contributed by atoms with Gasteiger partial charge in [-0.1, -0.05) is 18.2 Å². The highest BCUT2D eigenvalue weighted by Gasteiger charge is 2.27. The van der Waals surface area contributed by atoms with E-state index in [4.69, 9.17) is 4.42 Å². The summed E-state index contributed by atoms with van der Waals surface area (Å²) >= 11 is 0. The first-order chi connectivity index (χ1) is 14.0. The van der Waals surface area contributed by atoms with Crippen LogP contribution in [0.5, 0.6) is 0 Å². The Morgan fingerprint density at radius 2 is 1.72 bits per heavy atom. The van der Waals surface area contributed by atoms with Crippen molar-refractivity contribution in [2.75, 3.05) is 17.4 Å². The van der Waals surface area contributed by atoms with Crippen molar-refractivity contribution in [3.8, 4) is 0 Å². The van der Waals surface area contributed by atoms with Crippen LogP contribution in [0.3, 0.4) is 0 Å². The molecule has 0 atom stereocenters. The minimum absolute atomic E-state index is 0.0509. The number of anilines is 1. The number of benzene rings is 2. The van der Waals surface area contributed by atoms with Gasteiger partial charge in [-0.15, -0.1) is 0 Å². The predicted molar refractivity (Wildman–Crippen MR) is 107 cm³/mol. The molecule has 1 amide bonds. The summed E-state index contributed by atoms with van der Waals surface area (Å²) in [6.45, 7) is -0.0359. The number of halogens is 1. The average molecular weight is 416 g/mol. The highest BCUT2D eigenvalue weighted by atomic mass is 32.2. The Labute approximate surface area is 169 Å². The van der Waals surface area contributed by atoms with E-state index in [0.29, 0.717) is 19.4 Å². The molecule has 0 radical (unpaired) electrons. The second-order valence-electron chi connectivity index (χ2n) is 6.33. The third kappa shape index (κ3) is 5.45. The Morgan fingerprint density at radius 1 is 1.00 bits per heavy atom. The van der Waals surface area contributed by atoms with Crippen molar-refractivity contribution in [2.45, 2.75) is 17.7 Å². The molecule has 1 heterocycles. The van der Waals surface area contributed by atoms with Gasteiger partial charge in [-0.2, -0.15) is 0 Å². The fraction of sp³-hybridized carbons (Fsp3) is 0.190. The SMILES string of the molecule is O=C(CN(c1ccc(F)cc1)S(=O)(=O)c1ccccc1)NCCCc1ccco1. The van der Waals surface area contributed by atoms with Crippen LogP contribution in [0.1, 0.15) is 12.2 Å². The van der Waals surface area contributed by atoms with Crippen LogP contribution in [0.2, 0.25) is 0 Å². The topological polar surface area (TPSA) is 79.6 Å². The zero-order valence-corrected chi connectivity index (χ0v) is 16.4. The maximum absolute atomic E-state index is 13.3. The first-order valence-corrected chi connectivity index (χ1v) is 10.5. The Balaban J connectivity index is 1.71. The Morgan fingerprint density at radius 3 is 2.38 bits per heavy atom. The van der Waals surface area contributed by atoms with Crippen LogP contribution in [0.4, 0.5) is 10.1 Å². The molecule has 2 aromatic carbocycles. The highest BCUT2D eigenvalue weighted by molar-refractivity contribution is 7.92. The van der Waals surface area contributed by atoms with Crippen LogP contribution in [-0.4, -0.2) is 27.4 Å². The maximum Gasteiger partial charge on any atom is 0.264 e. The van der Waals surface area contributed by atoms with Crippen LogP contribution < -0.4 is 9.62 Å². The largest absolute Gasteiger partial charge is 0.469 e. The zero-order valence-electron chi connectivity index (χ0n) is 15.6. The molecule has 29 heavy (non-hydrogen) atoms. The van der Waals surface area contributed by atoms with Crippen molar-refractivity contribution >= 4 is 21.6 Å². The monoisotopic (exact) mass is 416 g/mol. The van der Waals surface area contributed by atoms with Crippen molar-refractivity contribution < 1.29 is 22.0 Å². The number of nitrogens with zero attached hydrogens (tertiary/aromatic N) is 1. The molecule has 1 aromatic heterocycles. The van der Waals surface area contributed by atoms with Gasteiger partial charge in [0.05, 0.1) is 16.8 Å². The summed E-state index contributed by atoms with van der Waals surface area (Å²) in [5.41, 5.74) is 0.209. The summed E-state index contributed by atoms with van der Waals surface area (Å²) in [7, 11) is -3.99. The Bertz CT molecular complexity index is 1020. The average Bonchev–Trinajstić information content (AvgIpc) is 3.24. The van der Waals surface area contributed by atoms with Gasteiger partial charge in [0.15, 0.2) is 0 Å². The molecule has 0 unspecified atom stereocenters. The molecule has 152 valence electrons. The molecule has 0 bridgehead atoms. The van der Waals surface area contributed by atoms with E-state index < -0.39 is 28.3 Å². The van der Waals surface area contributed by atoms with E-state index >= 15 is 0 Å². The molecular formula is C21H21FN2O4S. The molecule has 0 aliphatic heterocycles. The van der Waals surface area contributed by atoms with E-state index in [1.54, 1.807) is 30.5 Å². The van der Waals surface area contributed by atoms with E-state index in [-0.39, 0.29) is 10.6 Å². The molecule has 1 N–H and O–H groups in total. The summed E-state index contributed by atoms with van der Waals surface area (Å²) in [6, 6.07) is 16.4. The van der Waals surface area contributed by atoms with Crippen LogP contribution in [0.15, 0.2) is 82.3 Å². The molecule has 0 saturated carbocycles. The first kappa shape index (κ1) is 20.6. The van der Waals surface area contributed by atoms with Crippen LogP contribution in [-0.2, 0) is 21.2 Å². The van der Waals surface area contributed by atoms with Crippen LogP contribution >= 0.6 is 0 Å². The third-order valence-corrected chi connectivity index (χ3v) is 6.02. The number of aryl methyl sites for hydroxylation is 1. The van der Waals surface area contributed by atoms with Crippen molar-refractivity contribution in [2.24, 2.45) is 0 Å². The van der Waals surface area contributed by atoms with E-state index in [0.717, 1.165) is 22.2 Å². The first-order valence-electron chi connectivity index (χ1n) is 9.09. The Hall–Kier alpha value is -3.13. The van der Waals surface area contributed by atoms with Crippen LogP contribution in [0, 0.1) is 5.82 Å². The summed E-state index contributed by atoms with van der Waals surface area (Å²) in [5, 5.41) is 2.72. The van der Waals surface area contributed by atoms with Gasteiger partial charge in [0, 0.05) is 13.0 Å². The van der Waals surface area contributed by atoms with Gasteiger partial charge in [0.2, 0.25) is 5.91 Å². The molecule has 0 aliphatic carbocycles. The van der Waals surface area contributed by atoms with Gasteiger partial charge in [-0.05, 0) is 55.0 Å². The Kier molecular flexibility index (Phi) is 6.66. The van der Waals surface area contributed by atoms with Gasteiger partial charge in [-0.25, -0.2) is 12.8 Å². The standard InChI is InChI=1S/C21H21FN2O4S/c22-17-10-12-18(13-11-17)24(29(26,27)20-8-2-1-3-9-20)16-21(25)23-14-4-6-19-7-5-15-28-19/h1-3,5,7-13,15H,4,6,14,16H2,(H,23,25). The molecule has 0 saturated heterocycles. The number of carbonyl (C=O) groups is 1. The minimum Gasteiger partial charge on any atom is -0.469 e. The maximum atomic E-state index is 13.3. The van der Waals surface area contributed by atoms with Gasteiger partial charge >= 0.3 is 0 Å². The highest BCUT2D eigenvalue weighted by Crippen LogP contribution is 2.23. The molecule has 8 heteroatoms. The summed E-state index contributed by atoms with van der Waals surface area (Å²) in [5.74, 6) is -0.125. The van der Waals surface area contributed by atoms with E-state index in [1.807, 2.05) is 6.07 Å². The second-order valence-corrected chi connectivity index (χ2v) is 8.20. The van der Waals surface area contributed by atoms with Gasteiger partial charge in [0.1, 0.15) is 18.1 Å². The number of carbonyl (C=O) groups excluding carboxylic acids is 1. The molecule has 0 aliphatic rings. The lowest BCUT2D eigenvalue weighted by Crippen LogP contribution is -2.41. The van der Waals surface area contributed by atoms with Crippen molar-refractivity contribution in [3.05, 3.63) is 84.6 Å². The van der Waals surface area contributed by atoms with Crippen LogP contribution in [0.25, 0.3) is 0 Å². The van der Waals surface area contributed by atoms with E-state index in [2.05, 4.69) is 5.32 Å². The molecule has 6 nitrogen and oxygen atoms in total. The number of furan rings is 1. The smallest absolute Gasteiger partial charge is 0.264 e. The van der Waals surface area contributed by atoms with Gasteiger partial charge in [0.25, 0.3) is 10.0 Å². The fourth-order valence-corrected chi connectivity index (χ4v) is 4.22. The number of sulfonamides is 1. The van der Waals surface area contributed by atoms with Gasteiger partial charge in [-0.3, -0.25) is 9.10 Å². The van der Waals surface area contributed by atoms with E-state index in [9.17, 15) is 17.6 Å². The number of hydrogen-bond donors (Lipinski definition) is 1. The molecule has 3 aromatic rings. The zero-order chi connectivity index (χ0) is 20.7. The summed E-state index contributed by atoms with van der Waals surface area (Å²) in [4.78, 5) is 12.5. The third-order valence-electron chi connectivity index (χ3n) is 4.24. The molecular weight excluding hydrogens is 395 g/mol. The number of hydrogen-bond acceptors (Lipinski definition) is 4. The quantitative estimate of drug-likeness (QED) is 0.543. The lowest BCUT2D eigenvalue weighted by molar-refractivity contribution is -0.119. The molecule has 3 rings (SSSR count). The van der Waals surface area contributed by atoms with Gasteiger partial charge < -0.3 is 9.73 Å². The second kappa shape index (κ2) is 9.38. The fourth-order valence-electron chi connectivity index (χ4n) is 2.77. The van der Waals surface area contributed by atoms with Crippen molar-refractivity contribution in [3.63, 3.8) is 0 Å². The normalized spacial score (nSPS) is 11.2. The predicted octanol–water partition coefficient (Wildman–Crippen LogP) is 3.36. The van der Waals surface area contributed by atoms with Crippen molar-refractivity contribution in [1.29, 1.82) is 0 Å². The lowest BCUT2D eigenvalue weighted by Gasteiger charge is -2.24. The summed E-state index contributed by atoms with van der Waals surface area (Å²) < 4.78 is 45.7. The number of rotatable bonds is 9. The van der Waals surface area contributed by atoms with E-state index in [1.165, 1.54) is 24.3 Å². The number of amides is 1. The summed E-state index contributed by atoms with van der Waals surface area (Å²) in [6.07, 6.45) is 2.90. The molecule has 0 fully saturated rings. The molecule has 0 spiro atoms. The number of nitrogens with one attached hydrogen (secondary N) is 1. The minimum atomic E-state index is -3.99. The lowest BCUT2D eigenvalue weighted by atomic mass is 10.2. The van der Waals surface area contributed by atoms with Crippen molar-refractivity contribution in [1.82, 2.24) is 5.32 Å².